The summed E-state index contributed by atoms with van der Waals surface area (Å²) in [5, 5.41) is 0. The fraction of sp³-hybridized carbons (Fsp3) is 0.500. The predicted molar refractivity (Wildman–Crippen MR) is 73.4 cm³/mol. The molecule has 0 spiro atoms. The van der Waals surface area contributed by atoms with E-state index >= 15 is 0 Å². The average Bonchev–Trinajstić information content (AvgIpc) is 2.11. The third kappa shape index (κ3) is 4.22. The molecule has 108 valence electrons. The minimum absolute atomic E-state index is 0.134. The first-order chi connectivity index (χ1) is 8.59. The molecule has 0 atom stereocenters. The van der Waals surface area contributed by atoms with Crippen LogP contribution >= 0.6 is 15.9 Å². The largest absolute Gasteiger partial charge is 0.245 e. The molecule has 1 aromatic rings. The molecular formula is C12H16BrF2NO2S. The molecule has 0 heterocycles. The molecule has 0 unspecified atom stereocenters. The Balaban J connectivity index is 3.22. The second-order valence-electron chi connectivity index (χ2n) is 4.94. The lowest BCUT2D eigenvalue weighted by molar-refractivity contribution is 0.416. The molecule has 19 heavy (non-hydrogen) atoms. The van der Waals surface area contributed by atoms with Crippen LogP contribution in [0.4, 0.5) is 8.78 Å². The summed E-state index contributed by atoms with van der Waals surface area (Å²) in [6, 6.07) is 1.47. The Labute approximate surface area is 120 Å². The van der Waals surface area contributed by atoms with Crippen LogP contribution in [0.25, 0.3) is 0 Å². The lowest BCUT2D eigenvalue weighted by atomic mass is 10.0. The quantitative estimate of drug-likeness (QED) is 0.877. The van der Waals surface area contributed by atoms with Crippen LogP contribution in [0.2, 0.25) is 0 Å². The van der Waals surface area contributed by atoms with Gasteiger partial charge in [0.2, 0.25) is 10.0 Å². The lowest BCUT2D eigenvalue weighted by Crippen LogP contribution is -2.43. The van der Waals surface area contributed by atoms with Crippen molar-refractivity contribution in [3.8, 4) is 0 Å². The zero-order chi connectivity index (χ0) is 14.8. The Hall–Kier alpha value is -0.530. The van der Waals surface area contributed by atoms with Gasteiger partial charge in [-0.05, 0) is 42.3 Å². The third-order valence-corrected chi connectivity index (χ3v) is 5.18. The van der Waals surface area contributed by atoms with Gasteiger partial charge in [0.1, 0.15) is 16.5 Å². The number of hydrogen-bond donors (Lipinski definition) is 1. The monoisotopic (exact) mass is 355 g/mol. The Bertz CT molecular complexity index is 550. The Morgan fingerprint density at radius 2 is 1.89 bits per heavy atom. The number of nitrogens with one attached hydrogen (secondary N) is 1. The highest BCUT2D eigenvalue weighted by molar-refractivity contribution is 9.10. The lowest BCUT2D eigenvalue weighted by Gasteiger charge is -2.25. The van der Waals surface area contributed by atoms with Crippen molar-refractivity contribution in [3.05, 3.63) is 28.2 Å². The molecule has 1 aromatic carbocycles. The predicted octanol–water partition coefficient (Wildman–Crippen LogP) is 3.58. The van der Waals surface area contributed by atoms with Crippen LogP contribution in [0.3, 0.4) is 0 Å². The molecule has 0 saturated heterocycles. The summed E-state index contributed by atoms with van der Waals surface area (Å²) in [4.78, 5) is -0.571. The van der Waals surface area contributed by atoms with Crippen LogP contribution in [0.5, 0.6) is 0 Å². The van der Waals surface area contributed by atoms with Crippen LogP contribution < -0.4 is 4.72 Å². The maximum atomic E-state index is 13.7. The molecule has 0 bridgehead atoms. The van der Waals surface area contributed by atoms with Crippen molar-refractivity contribution < 1.29 is 17.2 Å². The van der Waals surface area contributed by atoms with Gasteiger partial charge in [-0.1, -0.05) is 13.3 Å². The number of rotatable bonds is 5. The van der Waals surface area contributed by atoms with Crippen molar-refractivity contribution >= 4 is 26.0 Å². The minimum atomic E-state index is -4.06. The highest BCUT2D eigenvalue weighted by atomic mass is 79.9. The van der Waals surface area contributed by atoms with Crippen LogP contribution in [-0.4, -0.2) is 14.0 Å². The van der Waals surface area contributed by atoms with E-state index in [2.05, 4.69) is 20.7 Å². The molecule has 3 nitrogen and oxygen atoms in total. The van der Waals surface area contributed by atoms with Gasteiger partial charge < -0.3 is 0 Å². The summed E-state index contributed by atoms with van der Waals surface area (Å²) in [6.45, 7) is 5.34. The van der Waals surface area contributed by atoms with Crippen molar-refractivity contribution in [2.24, 2.45) is 0 Å². The van der Waals surface area contributed by atoms with Crippen molar-refractivity contribution in [1.82, 2.24) is 4.72 Å². The second kappa shape index (κ2) is 5.85. The van der Waals surface area contributed by atoms with Gasteiger partial charge in [0.05, 0.1) is 0 Å². The van der Waals surface area contributed by atoms with E-state index in [-0.39, 0.29) is 4.47 Å². The van der Waals surface area contributed by atoms with Gasteiger partial charge >= 0.3 is 0 Å². The van der Waals surface area contributed by atoms with Crippen molar-refractivity contribution in [1.29, 1.82) is 0 Å². The Morgan fingerprint density at radius 3 is 2.37 bits per heavy atom. The van der Waals surface area contributed by atoms with E-state index in [0.717, 1.165) is 12.5 Å². The van der Waals surface area contributed by atoms with Gasteiger partial charge in [0, 0.05) is 16.1 Å². The standard InChI is InChI=1S/C12H16BrF2NO2S/c1-4-5-12(2,3)16-19(17,18)11-9(13)6-8(14)7-10(11)15/h6-7,16H,4-5H2,1-3H3. The molecule has 0 aliphatic heterocycles. The summed E-state index contributed by atoms with van der Waals surface area (Å²) < 4.78 is 53.3. The second-order valence-corrected chi connectivity index (χ2v) is 7.41. The summed E-state index contributed by atoms with van der Waals surface area (Å²) in [5.41, 5.74) is -0.701. The maximum absolute atomic E-state index is 13.7. The Morgan fingerprint density at radius 1 is 1.32 bits per heavy atom. The number of hydrogen-bond acceptors (Lipinski definition) is 2. The zero-order valence-corrected chi connectivity index (χ0v) is 13.3. The van der Waals surface area contributed by atoms with E-state index in [1.165, 1.54) is 0 Å². The zero-order valence-electron chi connectivity index (χ0n) is 10.9. The molecule has 0 aliphatic carbocycles. The average molecular weight is 356 g/mol. The van der Waals surface area contributed by atoms with Crippen LogP contribution in [-0.2, 0) is 10.0 Å². The van der Waals surface area contributed by atoms with Crippen LogP contribution in [0.1, 0.15) is 33.6 Å². The normalized spacial score (nSPS) is 12.7. The number of benzene rings is 1. The van der Waals surface area contributed by atoms with E-state index in [1.807, 2.05) is 6.92 Å². The van der Waals surface area contributed by atoms with Crippen molar-refractivity contribution in [2.75, 3.05) is 0 Å². The van der Waals surface area contributed by atoms with Gasteiger partial charge in [-0.25, -0.2) is 21.9 Å². The number of halogens is 3. The first kappa shape index (κ1) is 16.5. The topological polar surface area (TPSA) is 46.2 Å². The van der Waals surface area contributed by atoms with E-state index in [4.69, 9.17) is 0 Å². The summed E-state index contributed by atoms with van der Waals surface area (Å²) in [7, 11) is -4.06. The summed E-state index contributed by atoms with van der Waals surface area (Å²) >= 11 is 2.88. The maximum Gasteiger partial charge on any atom is 0.245 e. The molecule has 0 fully saturated rings. The smallest absolute Gasteiger partial charge is 0.207 e. The molecule has 0 saturated carbocycles. The van der Waals surface area contributed by atoms with Gasteiger partial charge in [-0.3, -0.25) is 0 Å². The summed E-state index contributed by atoms with van der Waals surface area (Å²) in [5.74, 6) is -1.96. The van der Waals surface area contributed by atoms with Gasteiger partial charge in [-0.15, -0.1) is 0 Å². The highest BCUT2D eigenvalue weighted by Crippen LogP contribution is 2.27. The molecule has 1 N–H and O–H groups in total. The van der Waals surface area contributed by atoms with E-state index < -0.39 is 32.1 Å². The highest BCUT2D eigenvalue weighted by Gasteiger charge is 2.29. The molecule has 0 amide bonds. The summed E-state index contributed by atoms with van der Waals surface area (Å²) in [6.07, 6.45) is 1.38. The van der Waals surface area contributed by atoms with Gasteiger partial charge in [0.15, 0.2) is 0 Å². The van der Waals surface area contributed by atoms with E-state index in [1.54, 1.807) is 13.8 Å². The molecular weight excluding hydrogens is 340 g/mol. The van der Waals surface area contributed by atoms with Crippen molar-refractivity contribution in [2.45, 2.75) is 44.0 Å². The first-order valence-electron chi connectivity index (χ1n) is 5.77. The van der Waals surface area contributed by atoms with Gasteiger partial charge in [-0.2, -0.15) is 0 Å². The van der Waals surface area contributed by atoms with Crippen molar-refractivity contribution in [3.63, 3.8) is 0 Å². The Kier molecular flexibility index (Phi) is 5.08. The van der Waals surface area contributed by atoms with Crippen LogP contribution in [0.15, 0.2) is 21.5 Å². The van der Waals surface area contributed by atoms with E-state index in [0.29, 0.717) is 12.5 Å². The fourth-order valence-electron chi connectivity index (χ4n) is 1.88. The minimum Gasteiger partial charge on any atom is -0.207 e. The third-order valence-electron chi connectivity index (χ3n) is 2.52. The van der Waals surface area contributed by atoms with Gasteiger partial charge in [0.25, 0.3) is 0 Å². The SMILES string of the molecule is CCCC(C)(C)NS(=O)(=O)c1c(F)cc(F)cc1Br. The van der Waals surface area contributed by atoms with Crippen LogP contribution in [0, 0.1) is 11.6 Å². The fourth-order valence-corrected chi connectivity index (χ4v) is 4.49. The molecule has 0 radical (unpaired) electrons. The van der Waals surface area contributed by atoms with E-state index in [9.17, 15) is 17.2 Å². The molecule has 0 aliphatic rings. The molecule has 1 rings (SSSR count). The molecule has 7 heteroatoms. The molecule has 0 aromatic heterocycles. The first-order valence-corrected chi connectivity index (χ1v) is 8.05. The number of sulfonamides is 1.